The Kier molecular flexibility index (Phi) is 7.81. The van der Waals surface area contributed by atoms with Crippen LogP contribution in [0.2, 0.25) is 0 Å². The van der Waals surface area contributed by atoms with Gasteiger partial charge in [0.2, 0.25) is 0 Å². The Labute approximate surface area is 181 Å². The maximum atomic E-state index is 14.0. The minimum Gasteiger partial charge on any atom is -0.493 e. The first kappa shape index (κ1) is 23.0. The van der Waals surface area contributed by atoms with Gasteiger partial charge in [-0.1, -0.05) is 6.07 Å². The van der Waals surface area contributed by atoms with E-state index in [1.54, 1.807) is 31.3 Å². The summed E-state index contributed by atoms with van der Waals surface area (Å²) in [5, 5.41) is 0. The summed E-state index contributed by atoms with van der Waals surface area (Å²) >= 11 is 0. The zero-order valence-corrected chi connectivity index (χ0v) is 18.1. The minimum absolute atomic E-state index is 0.0323. The van der Waals surface area contributed by atoms with Crippen LogP contribution in [0, 0.1) is 11.6 Å². The molecule has 1 heterocycles. The van der Waals surface area contributed by atoms with Gasteiger partial charge in [-0.3, -0.25) is 9.69 Å². The molecule has 1 aliphatic heterocycles. The molecule has 168 valence electrons. The molecule has 0 aliphatic carbocycles. The molecule has 0 spiro atoms. The van der Waals surface area contributed by atoms with Crippen molar-refractivity contribution >= 4 is 11.6 Å². The predicted octanol–water partition coefficient (Wildman–Crippen LogP) is 3.63. The summed E-state index contributed by atoms with van der Waals surface area (Å²) in [5.74, 6) is -0.134. The number of rotatable bonds is 8. The first-order valence-corrected chi connectivity index (χ1v) is 10.2. The molecule has 0 N–H and O–H groups in total. The summed E-state index contributed by atoms with van der Waals surface area (Å²) < 4.78 is 42.9. The summed E-state index contributed by atoms with van der Waals surface area (Å²) in [6.07, 6.45) is 1.43. The van der Waals surface area contributed by atoms with Crippen molar-refractivity contribution in [2.45, 2.75) is 25.4 Å². The average molecular weight is 434 g/mol. The molecule has 3 rings (SSSR count). The van der Waals surface area contributed by atoms with Gasteiger partial charge in [-0.25, -0.2) is 8.78 Å². The van der Waals surface area contributed by atoms with Crippen LogP contribution >= 0.6 is 0 Å². The lowest BCUT2D eigenvalue weighted by molar-refractivity contribution is -0.122. The van der Waals surface area contributed by atoms with Gasteiger partial charge < -0.3 is 19.1 Å². The van der Waals surface area contributed by atoms with Crippen LogP contribution in [0.15, 0.2) is 36.4 Å². The number of carbonyl (C=O) groups excluding carboxylic acids is 1. The molecule has 0 unspecified atom stereocenters. The SMILES string of the molecule is COCC(=O)N(c1ccc(OC)c(OC)c1)C1CCN(Cc2ccc(F)cc2F)CC1. The van der Waals surface area contributed by atoms with Crippen molar-refractivity contribution in [3.05, 3.63) is 53.6 Å². The first-order chi connectivity index (χ1) is 15.0. The molecule has 1 aliphatic rings. The number of hydrogen-bond acceptors (Lipinski definition) is 5. The zero-order valence-electron chi connectivity index (χ0n) is 18.1. The number of nitrogens with zero attached hydrogens (tertiary/aromatic N) is 2. The van der Waals surface area contributed by atoms with Crippen molar-refractivity contribution in [3.8, 4) is 11.5 Å². The van der Waals surface area contributed by atoms with Gasteiger partial charge in [0.15, 0.2) is 11.5 Å². The van der Waals surface area contributed by atoms with Crippen molar-refractivity contribution in [2.75, 3.05) is 45.9 Å². The highest BCUT2D eigenvalue weighted by atomic mass is 19.1. The summed E-state index contributed by atoms with van der Waals surface area (Å²) in [7, 11) is 4.60. The highest BCUT2D eigenvalue weighted by Gasteiger charge is 2.30. The molecule has 1 amide bonds. The van der Waals surface area contributed by atoms with E-state index in [1.165, 1.54) is 19.2 Å². The maximum absolute atomic E-state index is 14.0. The lowest BCUT2D eigenvalue weighted by Crippen LogP contribution is -2.48. The normalized spacial score (nSPS) is 15.0. The Hall–Kier alpha value is -2.71. The lowest BCUT2D eigenvalue weighted by Gasteiger charge is -2.38. The summed E-state index contributed by atoms with van der Waals surface area (Å²) in [4.78, 5) is 16.7. The molecule has 8 heteroatoms. The molecule has 2 aromatic rings. The fourth-order valence-corrected chi connectivity index (χ4v) is 3.95. The number of methoxy groups -OCH3 is 3. The van der Waals surface area contributed by atoms with E-state index in [-0.39, 0.29) is 18.6 Å². The average Bonchev–Trinajstić information content (AvgIpc) is 2.77. The predicted molar refractivity (Wildman–Crippen MR) is 114 cm³/mol. The molecule has 31 heavy (non-hydrogen) atoms. The van der Waals surface area contributed by atoms with Crippen LogP contribution in [0.5, 0.6) is 11.5 Å². The Morgan fingerprint density at radius 3 is 2.35 bits per heavy atom. The second-order valence-electron chi connectivity index (χ2n) is 7.48. The number of piperidine rings is 1. The van der Waals surface area contributed by atoms with Gasteiger partial charge >= 0.3 is 0 Å². The van der Waals surface area contributed by atoms with Gasteiger partial charge in [0.25, 0.3) is 5.91 Å². The van der Waals surface area contributed by atoms with E-state index in [0.29, 0.717) is 55.2 Å². The van der Waals surface area contributed by atoms with Crippen LogP contribution < -0.4 is 14.4 Å². The third-order valence-electron chi connectivity index (χ3n) is 5.51. The van der Waals surface area contributed by atoms with E-state index >= 15 is 0 Å². The number of halogens is 2. The molecule has 1 fully saturated rings. The number of ether oxygens (including phenoxy) is 3. The Morgan fingerprint density at radius 1 is 1.03 bits per heavy atom. The Balaban J connectivity index is 1.74. The second-order valence-corrected chi connectivity index (χ2v) is 7.48. The monoisotopic (exact) mass is 434 g/mol. The molecule has 1 saturated heterocycles. The van der Waals surface area contributed by atoms with Crippen LogP contribution in [-0.4, -0.2) is 57.9 Å². The van der Waals surface area contributed by atoms with Crippen LogP contribution in [0.25, 0.3) is 0 Å². The van der Waals surface area contributed by atoms with Crippen LogP contribution in [0.4, 0.5) is 14.5 Å². The van der Waals surface area contributed by atoms with Crippen LogP contribution in [-0.2, 0) is 16.1 Å². The van der Waals surface area contributed by atoms with Gasteiger partial charge in [0, 0.05) is 56.2 Å². The molecular formula is C23H28F2N2O4. The molecule has 0 radical (unpaired) electrons. The van der Waals surface area contributed by atoms with Crippen LogP contribution in [0.3, 0.4) is 0 Å². The number of carbonyl (C=O) groups is 1. The number of benzene rings is 2. The smallest absolute Gasteiger partial charge is 0.253 e. The number of amides is 1. The third kappa shape index (κ3) is 5.51. The molecular weight excluding hydrogens is 406 g/mol. The second kappa shape index (κ2) is 10.5. The van der Waals surface area contributed by atoms with Crippen LogP contribution in [0.1, 0.15) is 18.4 Å². The van der Waals surface area contributed by atoms with Gasteiger partial charge in [-0.15, -0.1) is 0 Å². The minimum atomic E-state index is -0.581. The van der Waals surface area contributed by atoms with Gasteiger partial charge in [0.1, 0.15) is 18.2 Å². The summed E-state index contributed by atoms with van der Waals surface area (Å²) in [5.41, 5.74) is 1.18. The zero-order chi connectivity index (χ0) is 22.4. The highest BCUT2D eigenvalue weighted by molar-refractivity contribution is 5.95. The first-order valence-electron chi connectivity index (χ1n) is 10.2. The van der Waals surface area contributed by atoms with E-state index in [2.05, 4.69) is 4.90 Å². The lowest BCUT2D eigenvalue weighted by atomic mass is 10.0. The topological polar surface area (TPSA) is 51.2 Å². The van der Waals surface area contributed by atoms with Gasteiger partial charge in [-0.2, -0.15) is 0 Å². The summed E-state index contributed by atoms with van der Waals surface area (Å²) in [6, 6.07) is 9.01. The molecule has 0 saturated carbocycles. The van der Waals surface area contributed by atoms with Gasteiger partial charge in [0.05, 0.1) is 14.2 Å². The molecule has 0 bridgehead atoms. The van der Waals surface area contributed by atoms with E-state index in [0.717, 1.165) is 6.07 Å². The fourth-order valence-electron chi connectivity index (χ4n) is 3.95. The Bertz CT molecular complexity index is 901. The summed E-state index contributed by atoms with van der Waals surface area (Å²) in [6.45, 7) is 1.74. The maximum Gasteiger partial charge on any atom is 0.253 e. The highest BCUT2D eigenvalue weighted by Crippen LogP contribution is 2.34. The van der Waals surface area contributed by atoms with Crippen molar-refractivity contribution in [1.29, 1.82) is 0 Å². The van der Waals surface area contributed by atoms with Crippen molar-refractivity contribution in [3.63, 3.8) is 0 Å². The largest absolute Gasteiger partial charge is 0.493 e. The standard InChI is InChI=1S/C23H28F2N2O4/c1-29-15-23(28)27(19-6-7-21(30-2)22(13-19)31-3)18-8-10-26(11-9-18)14-16-4-5-17(24)12-20(16)25/h4-7,12-13,18H,8-11,14-15H2,1-3H3. The van der Waals surface area contributed by atoms with Crippen molar-refractivity contribution in [1.82, 2.24) is 4.90 Å². The third-order valence-corrected chi connectivity index (χ3v) is 5.51. The fraction of sp³-hybridized carbons (Fsp3) is 0.435. The van der Waals surface area contributed by atoms with E-state index in [4.69, 9.17) is 14.2 Å². The van der Waals surface area contributed by atoms with Gasteiger partial charge in [-0.05, 0) is 31.0 Å². The number of likely N-dealkylation sites (tertiary alicyclic amines) is 1. The molecule has 0 aromatic heterocycles. The van der Waals surface area contributed by atoms with Crippen molar-refractivity contribution < 1.29 is 27.8 Å². The van der Waals surface area contributed by atoms with E-state index < -0.39 is 11.6 Å². The number of hydrogen-bond donors (Lipinski definition) is 0. The molecule has 6 nitrogen and oxygen atoms in total. The van der Waals surface area contributed by atoms with Crippen molar-refractivity contribution in [2.24, 2.45) is 0 Å². The van der Waals surface area contributed by atoms with E-state index in [1.807, 2.05) is 6.07 Å². The molecule has 2 aromatic carbocycles. The van der Waals surface area contributed by atoms with E-state index in [9.17, 15) is 13.6 Å². The Morgan fingerprint density at radius 2 is 1.74 bits per heavy atom. The number of anilines is 1. The quantitative estimate of drug-likeness (QED) is 0.635. The molecule has 0 atom stereocenters.